The third kappa shape index (κ3) is 6.14. The second kappa shape index (κ2) is 10.4. The van der Waals surface area contributed by atoms with Crippen LogP contribution < -0.4 is 5.32 Å². The van der Waals surface area contributed by atoms with Gasteiger partial charge in [-0.2, -0.15) is 0 Å². The molecule has 2 aromatic rings. The van der Waals surface area contributed by atoms with E-state index in [1.807, 2.05) is 50.2 Å². The van der Waals surface area contributed by atoms with E-state index in [-0.39, 0.29) is 18.2 Å². The molecule has 0 aliphatic heterocycles. The van der Waals surface area contributed by atoms with Crippen LogP contribution in [0.5, 0.6) is 0 Å². The number of ether oxygens (including phenoxy) is 1. The van der Waals surface area contributed by atoms with Crippen molar-refractivity contribution >= 4 is 5.97 Å². The molecule has 0 aromatic heterocycles. The fraction of sp³-hybridized carbons (Fsp3) is 0.567. The molecular formula is C30H41NO4. The number of fused-ring (bicyclic) bond motifs is 2. The number of rotatable bonds is 11. The highest BCUT2D eigenvalue weighted by molar-refractivity contribution is 5.90. The number of carbonyl (C=O) groups is 1. The van der Waals surface area contributed by atoms with Crippen molar-refractivity contribution in [3.05, 3.63) is 59.2 Å². The van der Waals surface area contributed by atoms with Crippen LogP contribution in [0.2, 0.25) is 0 Å². The number of carboxylic acids is 1. The molecule has 2 aliphatic rings. The molecule has 5 heteroatoms. The first-order valence-corrected chi connectivity index (χ1v) is 13.1. The Morgan fingerprint density at radius 2 is 1.91 bits per heavy atom. The number of aliphatic hydroxyl groups excluding tert-OH is 1. The Kier molecular flexibility index (Phi) is 7.70. The summed E-state index contributed by atoms with van der Waals surface area (Å²) in [5.41, 5.74) is 4.55. The van der Waals surface area contributed by atoms with Gasteiger partial charge in [-0.3, -0.25) is 0 Å². The molecule has 2 atom stereocenters. The number of nitrogens with one attached hydrogen (secondary N) is 1. The molecule has 0 spiro atoms. The minimum absolute atomic E-state index is 0.00159. The highest BCUT2D eigenvalue weighted by Gasteiger charge is 2.47. The molecular weight excluding hydrogens is 438 g/mol. The third-order valence-electron chi connectivity index (χ3n) is 8.23. The van der Waals surface area contributed by atoms with Crippen molar-refractivity contribution in [1.29, 1.82) is 0 Å². The number of aromatic carboxylic acids is 1. The number of hydrogen-bond donors (Lipinski definition) is 3. The van der Waals surface area contributed by atoms with Crippen molar-refractivity contribution in [3.8, 4) is 11.1 Å². The minimum Gasteiger partial charge on any atom is -0.478 e. The minimum atomic E-state index is -0.917. The van der Waals surface area contributed by atoms with Gasteiger partial charge in [-0.1, -0.05) is 36.4 Å². The van der Waals surface area contributed by atoms with E-state index < -0.39 is 12.1 Å². The standard InChI is InChI=1S/C30H41NO4/c1-20-15-23(9-10-25(20)28(33)34)27-8-6-5-7-26(27)21(2)35-18-24(32)17-31-29(3,4)19-30-13-11-22(16-30)12-14-30/h5-10,15,21-22,24,31-32H,11-14,16-19H2,1-4H3,(H,33,34)/t21-,22?,24-,30?/m1/s1. The van der Waals surface area contributed by atoms with Gasteiger partial charge in [-0.15, -0.1) is 0 Å². The van der Waals surface area contributed by atoms with Crippen LogP contribution in [0.3, 0.4) is 0 Å². The molecule has 2 aliphatic carbocycles. The molecule has 2 saturated carbocycles. The monoisotopic (exact) mass is 479 g/mol. The second-order valence-electron chi connectivity index (χ2n) is 11.6. The number of hydrogen-bond acceptors (Lipinski definition) is 4. The summed E-state index contributed by atoms with van der Waals surface area (Å²) in [6, 6.07) is 13.4. The molecule has 190 valence electrons. The van der Waals surface area contributed by atoms with Crippen molar-refractivity contribution in [2.45, 2.75) is 84.0 Å². The Hall–Kier alpha value is -2.21. The fourth-order valence-corrected chi connectivity index (χ4v) is 6.54. The van der Waals surface area contributed by atoms with Crippen molar-refractivity contribution in [2.24, 2.45) is 11.3 Å². The summed E-state index contributed by atoms with van der Waals surface area (Å²) >= 11 is 0. The summed E-state index contributed by atoms with van der Waals surface area (Å²) in [7, 11) is 0. The Bertz CT molecular complexity index is 1040. The predicted octanol–water partition coefficient (Wildman–Crippen LogP) is 6.14. The Balaban J connectivity index is 1.33. The van der Waals surface area contributed by atoms with E-state index in [0.29, 0.717) is 17.5 Å². The van der Waals surface area contributed by atoms with Gasteiger partial charge in [0.2, 0.25) is 0 Å². The number of benzene rings is 2. The predicted molar refractivity (Wildman–Crippen MR) is 140 cm³/mol. The van der Waals surface area contributed by atoms with Gasteiger partial charge in [0.15, 0.2) is 0 Å². The van der Waals surface area contributed by atoms with Crippen molar-refractivity contribution in [3.63, 3.8) is 0 Å². The lowest BCUT2D eigenvalue weighted by Crippen LogP contribution is -2.47. The Morgan fingerprint density at radius 3 is 2.54 bits per heavy atom. The molecule has 2 aromatic carbocycles. The molecule has 0 heterocycles. The van der Waals surface area contributed by atoms with Crippen molar-refractivity contribution in [2.75, 3.05) is 13.2 Å². The summed E-state index contributed by atoms with van der Waals surface area (Å²) in [4.78, 5) is 11.4. The Labute approximate surface area is 209 Å². The largest absolute Gasteiger partial charge is 0.478 e. The maximum atomic E-state index is 11.4. The van der Waals surface area contributed by atoms with Crippen LogP contribution in [0.4, 0.5) is 0 Å². The zero-order chi connectivity index (χ0) is 25.2. The molecule has 0 saturated heterocycles. The topological polar surface area (TPSA) is 78.8 Å². The van der Waals surface area contributed by atoms with Crippen LogP contribution in [-0.4, -0.2) is 41.0 Å². The van der Waals surface area contributed by atoms with Gasteiger partial charge in [0, 0.05) is 12.1 Å². The van der Waals surface area contributed by atoms with E-state index in [0.717, 1.165) is 28.2 Å². The average molecular weight is 480 g/mol. The average Bonchev–Trinajstić information content (AvgIpc) is 3.40. The van der Waals surface area contributed by atoms with Crippen LogP contribution in [0.1, 0.15) is 86.9 Å². The van der Waals surface area contributed by atoms with E-state index in [4.69, 9.17) is 4.74 Å². The molecule has 0 unspecified atom stereocenters. The fourth-order valence-electron chi connectivity index (χ4n) is 6.54. The van der Waals surface area contributed by atoms with Crippen LogP contribution in [-0.2, 0) is 4.74 Å². The van der Waals surface area contributed by atoms with Gasteiger partial charge in [0.1, 0.15) is 0 Å². The van der Waals surface area contributed by atoms with E-state index in [1.165, 1.54) is 38.5 Å². The van der Waals surface area contributed by atoms with Crippen LogP contribution in [0.15, 0.2) is 42.5 Å². The summed E-state index contributed by atoms with van der Waals surface area (Å²) in [5.74, 6) is 0.0355. The number of β-amino-alcohol motifs (C(OH)–C–C–N with tert-alkyl or cyclic N) is 1. The Morgan fingerprint density at radius 1 is 1.20 bits per heavy atom. The van der Waals surface area contributed by atoms with Gasteiger partial charge < -0.3 is 20.3 Å². The SMILES string of the molecule is Cc1cc(-c2ccccc2[C@@H](C)OC[C@H](O)CNC(C)(C)CC23CCC(CC2)C3)ccc1C(=O)O. The first kappa shape index (κ1) is 25.9. The van der Waals surface area contributed by atoms with E-state index >= 15 is 0 Å². The molecule has 4 rings (SSSR count). The van der Waals surface area contributed by atoms with Crippen molar-refractivity contribution < 1.29 is 19.7 Å². The van der Waals surface area contributed by atoms with Crippen LogP contribution in [0, 0.1) is 18.3 Å². The number of carboxylic acid groups (broad SMARTS) is 1. The lowest BCUT2D eigenvalue weighted by Gasteiger charge is -2.37. The van der Waals surface area contributed by atoms with Gasteiger partial charge >= 0.3 is 5.97 Å². The highest BCUT2D eigenvalue weighted by Crippen LogP contribution is 2.57. The molecule has 0 amide bonds. The highest BCUT2D eigenvalue weighted by atomic mass is 16.5. The van der Waals surface area contributed by atoms with E-state index in [9.17, 15) is 15.0 Å². The molecule has 5 nitrogen and oxygen atoms in total. The van der Waals surface area contributed by atoms with Gasteiger partial charge in [0.25, 0.3) is 0 Å². The van der Waals surface area contributed by atoms with E-state index in [1.54, 1.807) is 6.07 Å². The molecule has 35 heavy (non-hydrogen) atoms. The van der Waals surface area contributed by atoms with Gasteiger partial charge in [0.05, 0.1) is 24.4 Å². The maximum Gasteiger partial charge on any atom is 0.335 e. The normalized spacial score (nSPS) is 23.4. The zero-order valence-corrected chi connectivity index (χ0v) is 21.6. The second-order valence-corrected chi connectivity index (χ2v) is 11.6. The summed E-state index contributed by atoms with van der Waals surface area (Å²) in [6.45, 7) is 9.10. The first-order chi connectivity index (χ1) is 16.6. The summed E-state index contributed by atoms with van der Waals surface area (Å²) in [5, 5.41) is 23.6. The smallest absolute Gasteiger partial charge is 0.335 e. The summed E-state index contributed by atoms with van der Waals surface area (Å²) in [6.07, 6.45) is 7.30. The quantitative estimate of drug-likeness (QED) is 0.361. The van der Waals surface area contributed by atoms with Crippen LogP contribution >= 0.6 is 0 Å². The summed E-state index contributed by atoms with van der Waals surface area (Å²) < 4.78 is 6.11. The zero-order valence-electron chi connectivity index (χ0n) is 21.6. The molecule has 0 radical (unpaired) electrons. The van der Waals surface area contributed by atoms with Gasteiger partial charge in [-0.25, -0.2) is 4.79 Å². The van der Waals surface area contributed by atoms with Crippen LogP contribution in [0.25, 0.3) is 11.1 Å². The van der Waals surface area contributed by atoms with Crippen molar-refractivity contribution in [1.82, 2.24) is 5.32 Å². The van der Waals surface area contributed by atoms with Gasteiger partial charge in [-0.05, 0) is 106 Å². The third-order valence-corrected chi connectivity index (χ3v) is 8.23. The molecule has 2 fully saturated rings. The number of aliphatic hydroxyl groups is 1. The maximum absolute atomic E-state index is 11.4. The first-order valence-electron chi connectivity index (χ1n) is 13.1. The number of aryl methyl sites for hydroxylation is 1. The van der Waals surface area contributed by atoms with E-state index in [2.05, 4.69) is 19.2 Å². The molecule has 3 N–H and O–H groups in total. The molecule has 2 bridgehead atoms. The lowest BCUT2D eigenvalue weighted by atomic mass is 9.74. The lowest BCUT2D eigenvalue weighted by molar-refractivity contribution is -0.00502.